The second-order valence-electron chi connectivity index (χ2n) is 2.19. The first-order valence-electron chi connectivity index (χ1n) is 3.51. The van der Waals surface area contributed by atoms with E-state index in [1.54, 1.807) is 14.2 Å². The molecule has 4 heteroatoms. The molecule has 1 aromatic rings. The molecule has 1 rings (SSSR count). The molecule has 0 aliphatic carbocycles. The zero-order valence-electron chi connectivity index (χ0n) is 7.13. The van der Waals surface area contributed by atoms with Crippen molar-refractivity contribution in [3.63, 3.8) is 0 Å². The quantitative estimate of drug-likeness (QED) is 0.729. The fourth-order valence-electron chi connectivity index (χ4n) is 1.00. The van der Waals surface area contributed by atoms with Crippen LogP contribution in [0.25, 0.3) is 0 Å². The minimum Gasteiger partial charge on any atom is -0.493 e. The average Bonchev–Trinajstić information content (AvgIpc) is 2.16. The van der Waals surface area contributed by atoms with Gasteiger partial charge in [0.15, 0.2) is 11.5 Å². The normalized spacial score (nSPS) is 9.25. The van der Waals surface area contributed by atoms with E-state index in [1.165, 1.54) is 0 Å². The summed E-state index contributed by atoms with van der Waals surface area (Å²) in [5, 5.41) is 2.93. The van der Waals surface area contributed by atoms with Crippen molar-refractivity contribution in [2.75, 3.05) is 19.3 Å². The third-order valence-corrected chi connectivity index (χ3v) is 1.87. The number of benzene rings is 1. The predicted molar refractivity (Wildman–Crippen MR) is 52.9 cm³/mol. The molecule has 0 radical (unpaired) electrons. The Morgan fingerprint density at radius 2 is 2.00 bits per heavy atom. The van der Waals surface area contributed by atoms with Crippen molar-refractivity contribution < 1.29 is 9.47 Å². The maximum absolute atomic E-state index is 5.16. The van der Waals surface area contributed by atoms with Gasteiger partial charge in [0, 0.05) is 0 Å². The molecule has 0 aromatic heterocycles. The lowest BCUT2D eigenvalue weighted by atomic mass is 10.3. The lowest BCUT2D eigenvalue weighted by Crippen LogP contribution is -1.93. The summed E-state index contributed by atoms with van der Waals surface area (Å²) in [5.74, 6) is 1.44. The number of ether oxygens (including phenoxy) is 2. The van der Waals surface area contributed by atoms with E-state index in [4.69, 9.17) is 9.47 Å². The molecular formula is C8H12NO2P. The second-order valence-corrected chi connectivity index (χ2v) is 2.47. The summed E-state index contributed by atoms with van der Waals surface area (Å²) in [4.78, 5) is 0. The average molecular weight is 185 g/mol. The van der Waals surface area contributed by atoms with E-state index in [0.29, 0.717) is 0 Å². The third-order valence-electron chi connectivity index (χ3n) is 1.56. The number of hydrogen-bond donors (Lipinski definition) is 1. The SMILES string of the molecule is COc1cccc(NP)c1OC. The van der Waals surface area contributed by atoms with Gasteiger partial charge in [-0.2, -0.15) is 0 Å². The van der Waals surface area contributed by atoms with Crippen molar-refractivity contribution >= 4 is 15.1 Å². The number of anilines is 1. The van der Waals surface area contributed by atoms with E-state index in [-0.39, 0.29) is 0 Å². The summed E-state index contributed by atoms with van der Waals surface area (Å²) in [7, 11) is 5.64. The van der Waals surface area contributed by atoms with Gasteiger partial charge in [-0.1, -0.05) is 6.07 Å². The van der Waals surface area contributed by atoms with Crippen LogP contribution in [-0.4, -0.2) is 14.2 Å². The zero-order chi connectivity index (χ0) is 8.97. The third kappa shape index (κ3) is 1.62. The molecular weight excluding hydrogens is 173 g/mol. The number of nitrogens with one attached hydrogen (secondary N) is 1. The van der Waals surface area contributed by atoms with Crippen LogP contribution in [0.4, 0.5) is 5.69 Å². The molecule has 0 saturated carbocycles. The van der Waals surface area contributed by atoms with Crippen LogP contribution in [0.3, 0.4) is 0 Å². The number of methoxy groups -OCH3 is 2. The van der Waals surface area contributed by atoms with Crippen molar-refractivity contribution in [3.05, 3.63) is 18.2 Å². The first-order chi connectivity index (χ1) is 5.83. The molecule has 66 valence electrons. The number of hydrogen-bond acceptors (Lipinski definition) is 3. The Morgan fingerprint density at radius 3 is 2.50 bits per heavy atom. The van der Waals surface area contributed by atoms with Crippen LogP contribution in [0, 0.1) is 0 Å². The minimum absolute atomic E-state index is 0.718. The molecule has 12 heavy (non-hydrogen) atoms. The summed E-state index contributed by atoms with van der Waals surface area (Å²) < 4.78 is 10.3. The molecule has 0 amide bonds. The van der Waals surface area contributed by atoms with E-state index < -0.39 is 0 Å². The standard InChI is InChI=1S/C8H12NO2P/c1-10-7-5-3-4-6(9-12)8(7)11-2/h3-5,9H,12H2,1-2H3. The summed E-state index contributed by atoms with van der Waals surface area (Å²) in [6.45, 7) is 0. The van der Waals surface area contributed by atoms with Gasteiger partial charge in [-0.05, 0) is 21.5 Å². The summed E-state index contributed by atoms with van der Waals surface area (Å²) in [6, 6.07) is 5.66. The van der Waals surface area contributed by atoms with Crippen LogP contribution < -0.4 is 14.6 Å². The smallest absolute Gasteiger partial charge is 0.184 e. The Bertz CT molecular complexity index is 243. The fraction of sp³-hybridized carbons (Fsp3) is 0.250. The van der Waals surface area contributed by atoms with Crippen molar-refractivity contribution in [3.8, 4) is 11.5 Å². The van der Waals surface area contributed by atoms with Crippen LogP contribution in [0.15, 0.2) is 18.2 Å². The minimum atomic E-state index is 0.718. The van der Waals surface area contributed by atoms with Crippen molar-refractivity contribution in [1.29, 1.82) is 0 Å². The first-order valence-corrected chi connectivity index (χ1v) is 4.08. The van der Waals surface area contributed by atoms with Crippen molar-refractivity contribution in [2.45, 2.75) is 0 Å². The molecule has 3 nitrogen and oxygen atoms in total. The van der Waals surface area contributed by atoms with E-state index in [1.807, 2.05) is 18.2 Å². The van der Waals surface area contributed by atoms with Gasteiger partial charge >= 0.3 is 0 Å². The van der Waals surface area contributed by atoms with Gasteiger partial charge in [0.1, 0.15) is 0 Å². The Balaban J connectivity index is 3.13. The molecule has 1 unspecified atom stereocenters. The largest absolute Gasteiger partial charge is 0.493 e. The van der Waals surface area contributed by atoms with Crippen molar-refractivity contribution in [1.82, 2.24) is 0 Å². The molecule has 0 spiro atoms. The molecule has 0 fully saturated rings. The van der Waals surface area contributed by atoms with Crippen LogP contribution in [0.2, 0.25) is 0 Å². The molecule has 0 aliphatic rings. The van der Waals surface area contributed by atoms with Crippen LogP contribution >= 0.6 is 9.39 Å². The Labute approximate surface area is 74.3 Å². The summed E-state index contributed by atoms with van der Waals surface area (Å²) in [5.41, 5.74) is 0.891. The van der Waals surface area contributed by atoms with Crippen LogP contribution in [-0.2, 0) is 0 Å². The van der Waals surface area contributed by atoms with Gasteiger partial charge in [-0.3, -0.25) is 0 Å². The molecule has 1 N–H and O–H groups in total. The highest BCUT2D eigenvalue weighted by molar-refractivity contribution is 7.18. The first kappa shape index (κ1) is 9.14. The van der Waals surface area contributed by atoms with E-state index in [0.717, 1.165) is 17.2 Å². The zero-order valence-corrected chi connectivity index (χ0v) is 8.28. The Hall–Kier alpha value is -0.950. The van der Waals surface area contributed by atoms with E-state index in [2.05, 4.69) is 14.5 Å². The summed E-state index contributed by atoms with van der Waals surface area (Å²) in [6.07, 6.45) is 0. The second kappa shape index (κ2) is 4.17. The van der Waals surface area contributed by atoms with Gasteiger partial charge in [-0.25, -0.2) is 0 Å². The van der Waals surface area contributed by atoms with E-state index in [9.17, 15) is 0 Å². The Kier molecular flexibility index (Phi) is 3.18. The lowest BCUT2D eigenvalue weighted by Gasteiger charge is -2.11. The van der Waals surface area contributed by atoms with Gasteiger partial charge in [-0.15, -0.1) is 0 Å². The highest BCUT2D eigenvalue weighted by Crippen LogP contribution is 2.35. The Morgan fingerprint density at radius 1 is 1.25 bits per heavy atom. The lowest BCUT2D eigenvalue weighted by molar-refractivity contribution is 0.356. The fourth-order valence-corrected chi connectivity index (χ4v) is 1.23. The molecule has 0 aliphatic heterocycles. The monoisotopic (exact) mass is 185 g/mol. The molecule has 1 atom stereocenters. The van der Waals surface area contributed by atoms with Crippen LogP contribution in [0.5, 0.6) is 11.5 Å². The molecule has 1 aromatic carbocycles. The van der Waals surface area contributed by atoms with Gasteiger partial charge in [0.05, 0.1) is 19.9 Å². The number of rotatable bonds is 3. The highest BCUT2D eigenvalue weighted by Gasteiger charge is 2.06. The topological polar surface area (TPSA) is 30.5 Å². The van der Waals surface area contributed by atoms with E-state index >= 15 is 0 Å². The number of para-hydroxylation sites is 1. The molecule has 0 bridgehead atoms. The molecule has 0 heterocycles. The van der Waals surface area contributed by atoms with Gasteiger partial charge in [0.25, 0.3) is 0 Å². The maximum atomic E-state index is 5.16. The van der Waals surface area contributed by atoms with Crippen LogP contribution in [0.1, 0.15) is 0 Å². The van der Waals surface area contributed by atoms with Gasteiger partial charge in [0.2, 0.25) is 0 Å². The predicted octanol–water partition coefficient (Wildman–Crippen LogP) is 1.91. The maximum Gasteiger partial charge on any atom is 0.184 e. The molecule has 0 saturated heterocycles. The summed E-state index contributed by atoms with van der Waals surface area (Å²) >= 11 is 0. The highest BCUT2D eigenvalue weighted by atomic mass is 31.0. The van der Waals surface area contributed by atoms with Gasteiger partial charge < -0.3 is 14.6 Å². The van der Waals surface area contributed by atoms with Crippen molar-refractivity contribution in [2.24, 2.45) is 0 Å².